The van der Waals surface area contributed by atoms with E-state index in [4.69, 9.17) is 0 Å². The largest absolute Gasteiger partial charge is 1.00 e. The fourth-order valence-corrected chi connectivity index (χ4v) is 7.37. The van der Waals surface area contributed by atoms with Crippen LogP contribution < -0.4 is 17.0 Å². The van der Waals surface area contributed by atoms with E-state index < -0.39 is 0 Å². The number of aliphatic hydroxyl groups excluding tert-OH is 1. The number of hydrogen-bond acceptors (Lipinski definition) is 1. The maximum atomic E-state index is 10.9. The molecule has 0 radical (unpaired) electrons. The fraction of sp³-hybridized carbons (Fsp3) is 0.667. The lowest BCUT2D eigenvalue weighted by atomic mass is 9.70. The number of aliphatic hydroxyl groups is 1. The van der Waals surface area contributed by atoms with Gasteiger partial charge in [0.2, 0.25) is 0 Å². The molecule has 1 aromatic rings. The van der Waals surface area contributed by atoms with Crippen molar-refractivity contribution in [3.63, 3.8) is 0 Å². The van der Waals surface area contributed by atoms with Crippen molar-refractivity contribution < 1.29 is 22.1 Å². The topological polar surface area (TPSA) is 20.2 Å². The lowest BCUT2D eigenvalue weighted by Crippen LogP contribution is -3.00. The van der Waals surface area contributed by atoms with Gasteiger partial charge in [0.15, 0.2) is 0 Å². The molecule has 0 aromatic heterocycles. The molecule has 1 unspecified atom stereocenters. The summed E-state index contributed by atoms with van der Waals surface area (Å²) in [5, 5.41) is 11.4. The highest BCUT2D eigenvalue weighted by Crippen LogP contribution is 2.66. The lowest BCUT2D eigenvalue weighted by Gasteiger charge is -2.36. The zero-order valence-corrected chi connectivity index (χ0v) is 15.9. The van der Waals surface area contributed by atoms with Crippen LogP contribution in [0.4, 0.5) is 0 Å². The maximum absolute atomic E-state index is 10.9. The van der Waals surface area contributed by atoms with E-state index in [2.05, 4.69) is 57.4 Å². The van der Waals surface area contributed by atoms with Crippen LogP contribution in [0.2, 0.25) is 0 Å². The van der Waals surface area contributed by atoms with Gasteiger partial charge in [-0.05, 0) is 29.2 Å². The summed E-state index contributed by atoms with van der Waals surface area (Å²) in [6, 6.07) is 10.8. The quantitative estimate of drug-likeness (QED) is 0.773. The Labute approximate surface area is 142 Å². The Morgan fingerprint density at radius 2 is 1.81 bits per heavy atom. The first-order valence-corrected chi connectivity index (χ1v) is 9.58. The molecule has 2 aliphatic rings. The second kappa shape index (κ2) is 5.90. The Morgan fingerprint density at radius 1 is 1.19 bits per heavy atom. The van der Waals surface area contributed by atoms with Crippen molar-refractivity contribution in [3.05, 3.63) is 35.9 Å². The first-order chi connectivity index (χ1) is 9.38. The molecular weight excluding hydrogens is 344 g/mol. The van der Waals surface area contributed by atoms with Gasteiger partial charge in [0, 0.05) is 16.9 Å². The molecule has 21 heavy (non-hydrogen) atoms. The molecule has 1 aromatic carbocycles. The molecule has 5 atom stereocenters. The molecule has 0 saturated heterocycles. The van der Waals surface area contributed by atoms with Gasteiger partial charge >= 0.3 is 0 Å². The van der Waals surface area contributed by atoms with Crippen LogP contribution >= 0.6 is 0 Å². The van der Waals surface area contributed by atoms with Gasteiger partial charge in [-0.15, -0.1) is 0 Å². The van der Waals surface area contributed by atoms with E-state index in [1.165, 1.54) is 18.4 Å². The van der Waals surface area contributed by atoms with Gasteiger partial charge in [-0.2, -0.15) is 0 Å². The van der Waals surface area contributed by atoms with Gasteiger partial charge in [0.1, 0.15) is 17.1 Å². The number of fused-ring (bicyclic) bond motifs is 2. The highest BCUT2D eigenvalue weighted by Gasteiger charge is 2.69. The van der Waals surface area contributed by atoms with Crippen molar-refractivity contribution in [3.8, 4) is 0 Å². The normalized spacial score (nSPS) is 38.0. The van der Waals surface area contributed by atoms with Crippen LogP contribution in [0.5, 0.6) is 0 Å². The Hall–Kier alpha value is 0.01000. The number of hydrogen-bond donors (Lipinski definition) is 1. The van der Waals surface area contributed by atoms with Crippen molar-refractivity contribution in [2.75, 3.05) is 6.26 Å². The molecule has 1 N–H and O–H groups in total. The molecule has 1 nitrogen and oxygen atoms in total. The standard InChI is InChI=1S/C18H27OS.BrH/c1-17(2)14-10-11-18(17,3)16(19)15(14)20(4)12-13-8-6-5-7-9-13;/h5-9,14-16,19H,10-12H2,1-4H3;1H/q+1;/p-1/t14-,15-,16-,18+,20?;/m1./s1. The third-order valence-electron chi connectivity index (χ3n) is 6.44. The minimum atomic E-state index is -0.117. The molecule has 2 saturated carbocycles. The second-order valence-corrected chi connectivity index (χ2v) is 9.73. The molecule has 0 aliphatic heterocycles. The van der Waals surface area contributed by atoms with E-state index in [1.54, 1.807) is 0 Å². The third-order valence-corrected chi connectivity index (χ3v) is 8.74. The first-order valence-electron chi connectivity index (χ1n) is 7.71. The third kappa shape index (κ3) is 2.49. The number of rotatable bonds is 3. The molecule has 0 heterocycles. The van der Waals surface area contributed by atoms with Crippen LogP contribution in [0.3, 0.4) is 0 Å². The van der Waals surface area contributed by atoms with E-state index in [9.17, 15) is 5.11 Å². The Balaban J connectivity index is 0.00000161. The summed E-state index contributed by atoms with van der Waals surface area (Å²) in [5.74, 6) is 1.81. The molecule has 118 valence electrons. The fourth-order valence-electron chi connectivity index (χ4n) is 4.68. The van der Waals surface area contributed by atoms with E-state index in [-0.39, 0.29) is 44.8 Å². The van der Waals surface area contributed by atoms with Crippen LogP contribution in [0.15, 0.2) is 30.3 Å². The number of halogens is 1. The first kappa shape index (κ1) is 17.4. The molecule has 0 amide bonds. The highest BCUT2D eigenvalue weighted by atomic mass is 79.9. The van der Waals surface area contributed by atoms with Crippen molar-refractivity contribution in [1.82, 2.24) is 0 Å². The molecular formula is C18H27BrOS. The zero-order chi connectivity index (χ0) is 14.5. The Bertz CT molecular complexity index is 489. The Kier molecular flexibility index (Phi) is 4.88. The summed E-state index contributed by atoms with van der Waals surface area (Å²) in [7, 11) is 0.252. The van der Waals surface area contributed by atoms with E-state index in [0.717, 1.165) is 5.75 Å². The van der Waals surface area contributed by atoms with Gasteiger partial charge in [-0.25, -0.2) is 0 Å². The predicted octanol–water partition coefficient (Wildman–Crippen LogP) is 0.624. The molecule has 2 bridgehead atoms. The molecule has 2 fully saturated rings. The average Bonchev–Trinajstić information content (AvgIpc) is 2.72. The van der Waals surface area contributed by atoms with E-state index in [0.29, 0.717) is 11.2 Å². The smallest absolute Gasteiger partial charge is 0.147 e. The highest BCUT2D eigenvalue weighted by molar-refractivity contribution is 7.96. The van der Waals surface area contributed by atoms with Gasteiger partial charge in [-0.3, -0.25) is 0 Å². The summed E-state index contributed by atoms with van der Waals surface area (Å²) in [4.78, 5) is 0. The van der Waals surface area contributed by atoms with Crippen molar-refractivity contribution >= 4 is 10.9 Å². The molecule has 2 aliphatic carbocycles. The molecule has 3 rings (SSSR count). The monoisotopic (exact) mass is 370 g/mol. The van der Waals surface area contributed by atoms with Crippen LogP contribution in [-0.4, -0.2) is 22.7 Å². The second-order valence-electron chi connectivity index (χ2n) is 7.51. The number of benzene rings is 1. The molecule has 3 heteroatoms. The summed E-state index contributed by atoms with van der Waals surface area (Å²) in [6.45, 7) is 7.08. The summed E-state index contributed by atoms with van der Waals surface area (Å²) in [5.41, 5.74) is 1.83. The zero-order valence-electron chi connectivity index (χ0n) is 13.5. The van der Waals surface area contributed by atoms with E-state index >= 15 is 0 Å². The van der Waals surface area contributed by atoms with Crippen molar-refractivity contribution in [2.24, 2.45) is 16.7 Å². The molecule has 0 spiro atoms. The van der Waals surface area contributed by atoms with Crippen LogP contribution in [0, 0.1) is 16.7 Å². The maximum Gasteiger partial charge on any atom is 0.147 e. The summed E-state index contributed by atoms with van der Waals surface area (Å²) in [6.07, 6.45) is 4.75. The minimum absolute atomic E-state index is 0. The Morgan fingerprint density at radius 3 is 2.33 bits per heavy atom. The van der Waals surface area contributed by atoms with Gasteiger partial charge in [0.05, 0.1) is 6.26 Å². The lowest BCUT2D eigenvalue weighted by molar-refractivity contribution is -0.0000142. The summed E-state index contributed by atoms with van der Waals surface area (Å²) < 4.78 is 0. The predicted molar refractivity (Wildman–Crippen MR) is 87.8 cm³/mol. The van der Waals surface area contributed by atoms with Crippen molar-refractivity contribution in [1.29, 1.82) is 0 Å². The van der Waals surface area contributed by atoms with E-state index in [1.807, 2.05) is 0 Å². The van der Waals surface area contributed by atoms with Crippen LogP contribution in [0.25, 0.3) is 0 Å². The van der Waals surface area contributed by atoms with Crippen LogP contribution in [0.1, 0.15) is 39.2 Å². The van der Waals surface area contributed by atoms with Crippen LogP contribution in [-0.2, 0) is 16.6 Å². The minimum Gasteiger partial charge on any atom is -1.00 e. The SMILES string of the molecule is C[S+](Cc1ccccc1)[C@@H]1[C@H]2CC[C@@](C)([C@@H]1O)C2(C)C.[Br-]. The van der Waals surface area contributed by atoms with Gasteiger partial charge in [-0.1, -0.05) is 51.1 Å². The van der Waals surface area contributed by atoms with Crippen molar-refractivity contribution in [2.45, 2.75) is 50.7 Å². The summed E-state index contributed by atoms with van der Waals surface area (Å²) >= 11 is 0. The van der Waals surface area contributed by atoms with Gasteiger partial charge < -0.3 is 22.1 Å². The van der Waals surface area contributed by atoms with Gasteiger partial charge in [0.25, 0.3) is 0 Å². The average molecular weight is 371 g/mol.